The molecule has 0 aliphatic heterocycles. The molecule has 2 aromatic carbocycles. The minimum absolute atomic E-state index is 0.176. The van der Waals surface area contributed by atoms with Crippen molar-refractivity contribution in [1.29, 1.82) is 0 Å². The van der Waals surface area contributed by atoms with Crippen molar-refractivity contribution in [2.24, 2.45) is 0 Å². The normalized spacial score (nSPS) is 12.7. The van der Waals surface area contributed by atoms with Crippen LogP contribution in [0.3, 0.4) is 0 Å². The van der Waals surface area contributed by atoms with Crippen molar-refractivity contribution in [3.8, 4) is 11.1 Å². The van der Waals surface area contributed by atoms with Gasteiger partial charge in [-0.3, -0.25) is 0 Å². The number of nitrogens with one attached hydrogen (secondary N) is 2. The number of hydrogen-bond donors (Lipinski definition) is 2. The summed E-state index contributed by atoms with van der Waals surface area (Å²) < 4.78 is 42.0. The molecule has 0 atom stereocenters. The maximum Gasteiger partial charge on any atom is 0.236 e. The van der Waals surface area contributed by atoms with E-state index in [9.17, 15) is 12.8 Å². The number of hydrogen-bond acceptors (Lipinski definition) is 3. The van der Waals surface area contributed by atoms with Gasteiger partial charge in [0.25, 0.3) is 0 Å². The van der Waals surface area contributed by atoms with E-state index in [-0.39, 0.29) is 22.8 Å². The number of rotatable bonds is 7. The summed E-state index contributed by atoms with van der Waals surface area (Å²) in [7, 11) is -3.53. The third-order valence-electron chi connectivity index (χ3n) is 4.50. The van der Waals surface area contributed by atoms with Crippen molar-refractivity contribution in [3.05, 3.63) is 57.7 Å². The predicted molar refractivity (Wildman–Crippen MR) is 121 cm³/mol. The SMILES string of the molecule is C/C(=C\c1cc(C)c(-c2ccc(NC(C)C)cc2F)cc1C)S(=O)(=O)NC(C)C. The first-order valence-corrected chi connectivity index (χ1v) is 11.3. The topological polar surface area (TPSA) is 58.2 Å². The Morgan fingerprint density at radius 3 is 2.17 bits per heavy atom. The zero-order valence-electron chi connectivity index (χ0n) is 18.2. The van der Waals surface area contributed by atoms with E-state index >= 15 is 0 Å². The van der Waals surface area contributed by atoms with Crippen LogP contribution in [0.2, 0.25) is 0 Å². The first kappa shape index (κ1) is 23.1. The molecule has 0 spiro atoms. The molecule has 0 aromatic heterocycles. The van der Waals surface area contributed by atoms with Gasteiger partial charge in [0.2, 0.25) is 10.0 Å². The van der Waals surface area contributed by atoms with E-state index in [1.807, 2.05) is 45.9 Å². The molecule has 2 aromatic rings. The highest BCUT2D eigenvalue weighted by molar-refractivity contribution is 7.93. The molecule has 0 fully saturated rings. The maximum atomic E-state index is 14.7. The number of benzene rings is 2. The van der Waals surface area contributed by atoms with E-state index in [0.717, 1.165) is 27.9 Å². The van der Waals surface area contributed by atoms with Crippen molar-refractivity contribution < 1.29 is 12.8 Å². The van der Waals surface area contributed by atoms with Crippen molar-refractivity contribution >= 4 is 21.8 Å². The fourth-order valence-corrected chi connectivity index (χ4v) is 4.23. The van der Waals surface area contributed by atoms with E-state index in [1.165, 1.54) is 6.07 Å². The maximum absolute atomic E-state index is 14.7. The third kappa shape index (κ3) is 5.90. The molecule has 0 aliphatic carbocycles. The molecule has 2 N–H and O–H groups in total. The largest absolute Gasteiger partial charge is 0.383 e. The lowest BCUT2D eigenvalue weighted by atomic mass is 9.94. The average Bonchev–Trinajstić information content (AvgIpc) is 2.56. The van der Waals surface area contributed by atoms with Gasteiger partial charge in [0.15, 0.2) is 0 Å². The highest BCUT2D eigenvalue weighted by Gasteiger charge is 2.16. The van der Waals surface area contributed by atoms with Gasteiger partial charge in [-0.15, -0.1) is 0 Å². The van der Waals surface area contributed by atoms with E-state index < -0.39 is 10.0 Å². The lowest BCUT2D eigenvalue weighted by Crippen LogP contribution is -2.30. The standard InChI is InChI=1S/C23H31FN2O2S/c1-14(2)25-20-8-9-21(23(24)13-20)22-11-16(5)19(10-17(22)6)12-18(7)29(27,28)26-15(3)4/h8-15,25-26H,1-7H3/b18-12+. The molecule has 0 saturated carbocycles. The van der Waals surface area contributed by atoms with Crippen LogP contribution in [-0.2, 0) is 10.0 Å². The molecule has 0 heterocycles. The van der Waals surface area contributed by atoms with Crippen LogP contribution in [0.25, 0.3) is 17.2 Å². The predicted octanol–water partition coefficient (Wildman–Crippen LogP) is 5.62. The van der Waals surface area contributed by atoms with E-state index in [2.05, 4.69) is 10.0 Å². The van der Waals surface area contributed by atoms with Gasteiger partial charge in [-0.2, -0.15) is 0 Å². The molecule has 0 amide bonds. The molecule has 0 bridgehead atoms. The Hall–Kier alpha value is -2.18. The second kappa shape index (κ2) is 9.09. The number of allylic oxidation sites excluding steroid dienone is 1. The van der Waals surface area contributed by atoms with Crippen molar-refractivity contribution in [3.63, 3.8) is 0 Å². The van der Waals surface area contributed by atoms with E-state index in [4.69, 9.17) is 0 Å². The van der Waals surface area contributed by atoms with Crippen LogP contribution in [0.5, 0.6) is 0 Å². The summed E-state index contributed by atoms with van der Waals surface area (Å²) in [5, 5.41) is 3.20. The first-order chi connectivity index (χ1) is 13.4. The molecule has 158 valence electrons. The Labute approximate surface area is 174 Å². The number of aryl methyl sites for hydroxylation is 2. The lowest BCUT2D eigenvalue weighted by molar-refractivity contribution is 0.576. The summed E-state index contributed by atoms with van der Waals surface area (Å²) in [6.07, 6.45) is 1.66. The van der Waals surface area contributed by atoms with Gasteiger partial charge in [0.05, 0.1) is 4.91 Å². The van der Waals surface area contributed by atoms with Crippen LogP contribution in [-0.4, -0.2) is 20.5 Å². The second-order valence-electron chi connectivity index (χ2n) is 8.05. The molecule has 2 rings (SSSR count). The summed E-state index contributed by atoms with van der Waals surface area (Å²) in [6, 6.07) is 9.01. The highest BCUT2D eigenvalue weighted by atomic mass is 32.2. The van der Waals surface area contributed by atoms with Crippen LogP contribution < -0.4 is 10.0 Å². The minimum atomic E-state index is -3.53. The molecular weight excluding hydrogens is 387 g/mol. The van der Waals surface area contributed by atoms with Crippen molar-refractivity contribution in [1.82, 2.24) is 4.72 Å². The van der Waals surface area contributed by atoms with Crippen molar-refractivity contribution in [2.45, 2.75) is 60.5 Å². The fourth-order valence-electron chi connectivity index (χ4n) is 3.14. The molecule has 0 saturated heterocycles. The van der Waals surface area contributed by atoms with Crippen LogP contribution in [0.1, 0.15) is 51.3 Å². The van der Waals surface area contributed by atoms with E-state index in [1.54, 1.807) is 32.9 Å². The van der Waals surface area contributed by atoms with Gasteiger partial charge in [-0.25, -0.2) is 17.5 Å². The van der Waals surface area contributed by atoms with Crippen molar-refractivity contribution in [2.75, 3.05) is 5.32 Å². The van der Waals surface area contributed by atoms with Crippen LogP contribution in [0.15, 0.2) is 35.2 Å². The van der Waals surface area contributed by atoms with Crippen LogP contribution in [0, 0.1) is 19.7 Å². The molecule has 6 heteroatoms. The zero-order chi connectivity index (χ0) is 21.9. The lowest BCUT2D eigenvalue weighted by Gasteiger charge is -2.15. The summed E-state index contributed by atoms with van der Waals surface area (Å²) in [4.78, 5) is 0.247. The number of anilines is 1. The minimum Gasteiger partial charge on any atom is -0.383 e. The zero-order valence-corrected chi connectivity index (χ0v) is 19.0. The Balaban J connectivity index is 2.43. The Morgan fingerprint density at radius 1 is 0.966 bits per heavy atom. The third-order valence-corrected chi connectivity index (χ3v) is 6.25. The van der Waals surface area contributed by atoms with Gasteiger partial charge in [0, 0.05) is 23.3 Å². The molecule has 4 nitrogen and oxygen atoms in total. The Kier molecular flexibility index (Phi) is 7.25. The molecule has 0 radical (unpaired) electrons. The van der Waals surface area contributed by atoms with Gasteiger partial charge in [-0.1, -0.05) is 12.1 Å². The van der Waals surface area contributed by atoms with Gasteiger partial charge >= 0.3 is 0 Å². The monoisotopic (exact) mass is 418 g/mol. The Bertz CT molecular complexity index is 1030. The van der Waals surface area contributed by atoms with Gasteiger partial charge < -0.3 is 5.32 Å². The highest BCUT2D eigenvalue weighted by Crippen LogP contribution is 2.31. The van der Waals surface area contributed by atoms with Gasteiger partial charge in [-0.05, 0) is 95.0 Å². The Morgan fingerprint density at radius 2 is 1.62 bits per heavy atom. The summed E-state index contributed by atoms with van der Waals surface area (Å²) in [5.74, 6) is -0.290. The quantitative estimate of drug-likeness (QED) is 0.614. The average molecular weight is 419 g/mol. The molecule has 0 unspecified atom stereocenters. The fraction of sp³-hybridized carbons (Fsp3) is 0.391. The summed E-state index contributed by atoms with van der Waals surface area (Å²) in [6.45, 7) is 13.0. The number of sulfonamides is 1. The summed E-state index contributed by atoms with van der Waals surface area (Å²) in [5.41, 5.74) is 4.64. The van der Waals surface area contributed by atoms with Crippen LogP contribution >= 0.6 is 0 Å². The smallest absolute Gasteiger partial charge is 0.236 e. The summed E-state index contributed by atoms with van der Waals surface area (Å²) >= 11 is 0. The molecule has 29 heavy (non-hydrogen) atoms. The second-order valence-corrected chi connectivity index (χ2v) is 9.93. The number of halogens is 1. The van der Waals surface area contributed by atoms with Crippen LogP contribution in [0.4, 0.5) is 10.1 Å². The van der Waals surface area contributed by atoms with E-state index in [0.29, 0.717) is 5.56 Å². The van der Waals surface area contributed by atoms with Gasteiger partial charge in [0.1, 0.15) is 5.82 Å². The molecular formula is C23H31FN2O2S. The molecule has 0 aliphatic rings. The first-order valence-electron chi connectivity index (χ1n) is 9.79.